The Morgan fingerprint density at radius 2 is 0.635 bits per heavy atom. The molecular weight excluding hydrogens is 757 g/mol. The Labute approximate surface area is 370 Å². The van der Waals surface area contributed by atoms with Gasteiger partial charge in [-0.3, -0.25) is 0 Å². The van der Waals surface area contributed by atoms with Gasteiger partial charge in [0.25, 0.3) is 0 Å². The van der Waals surface area contributed by atoms with Crippen LogP contribution in [-0.4, -0.2) is 0 Å². The number of hydrogen-bond donors (Lipinski definition) is 0. The number of hydrogen-bond acceptors (Lipinski definition) is 0. The molecule has 0 atom stereocenters. The van der Waals surface area contributed by atoms with Gasteiger partial charge in [0.2, 0.25) is 0 Å². The smallest absolute Gasteiger partial charge is 0.0159 e. The molecule has 0 heterocycles. The van der Waals surface area contributed by atoms with E-state index in [9.17, 15) is 0 Å². The number of fused-ring (bicyclic) bond motifs is 12. The van der Waals surface area contributed by atoms with E-state index in [1.807, 2.05) is 0 Å². The van der Waals surface area contributed by atoms with Crippen LogP contribution in [0.2, 0.25) is 0 Å². The van der Waals surface area contributed by atoms with Crippen LogP contribution in [0.1, 0.15) is 74.9 Å². The molecule has 0 unspecified atom stereocenters. The highest BCUT2D eigenvalue weighted by Crippen LogP contribution is 2.56. The van der Waals surface area contributed by atoms with Crippen LogP contribution in [0.4, 0.5) is 0 Å². The highest BCUT2D eigenvalue weighted by molar-refractivity contribution is 6.23. The van der Waals surface area contributed by atoms with Crippen molar-refractivity contribution in [1.82, 2.24) is 0 Å². The van der Waals surface area contributed by atoms with E-state index in [0.717, 1.165) is 0 Å². The zero-order valence-corrected chi connectivity index (χ0v) is 36.8. The second-order valence-electron chi connectivity index (χ2n) is 20.0. The summed E-state index contributed by atoms with van der Waals surface area (Å²) in [5.74, 6) is 0. The van der Waals surface area contributed by atoms with Gasteiger partial charge in [0.15, 0.2) is 0 Å². The first kappa shape index (κ1) is 36.6. The molecule has 0 bridgehead atoms. The molecule has 0 radical (unpaired) electrons. The Morgan fingerprint density at radius 1 is 0.238 bits per heavy atom. The predicted molar refractivity (Wildman–Crippen MR) is 268 cm³/mol. The highest BCUT2D eigenvalue weighted by Gasteiger charge is 2.39. The predicted octanol–water partition coefficient (Wildman–Crippen LogP) is 17.1. The lowest BCUT2D eigenvalue weighted by Crippen LogP contribution is -2.15. The van der Waals surface area contributed by atoms with E-state index >= 15 is 0 Å². The Morgan fingerprint density at radius 3 is 1.22 bits per heavy atom. The van der Waals surface area contributed by atoms with Crippen LogP contribution >= 0.6 is 0 Å². The molecule has 0 nitrogen and oxygen atoms in total. The first-order chi connectivity index (χ1) is 30.5. The average Bonchev–Trinajstić information content (AvgIpc) is 3.78. The minimum absolute atomic E-state index is 0.115. The summed E-state index contributed by atoms with van der Waals surface area (Å²) < 4.78 is 0. The molecule has 0 amide bonds. The van der Waals surface area contributed by atoms with Gasteiger partial charge in [0, 0.05) is 16.2 Å². The van der Waals surface area contributed by atoms with Gasteiger partial charge in [-0.2, -0.15) is 0 Å². The molecule has 0 fully saturated rings. The summed E-state index contributed by atoms with van der Waals surface area (Å²) in [6.45, 7) is 14.4. The largest absolute Gasteiger partial charge is 0.0619 e. The number of benzene rings is 10. The van der Waals surface area contributed by atoms with Crippen LogP contribution in [0.3, 0.4) is 0 Å². The summed E-state index contributed by atoms with van der Waals surface area (Å²) in [5.41, 5.74) is 23.7. The van der Waals surface area contributed by atoms with E-state index in [1.165, 1.54) is 132 Å². The fourth-order valence-electron chi connectivity index (χ4n) is 12.3. The van der Waals surface area contributed by atoms with Crippen molar-refractivity contribution < 1.29 is 0 Å². The second-order valence-corrected chi connectivity index (χ2v) is 20.0. The maximum absolute atomic E-state index is 2.59. The Bertz CT molecular complexity index is 3640. The van der Waals surface area contributed by atoms with Crippen LogP contribution in [0.25, 0.3) is 99.1 Å². The zero-order chi connectivity index (χ0) is 42.6. The minimum Gasteiger partial charge on any atom is -0.0619 e. The molecule has 0 saturated carbocycles. The molecule has 13 rings (SSSR count). The molecule has 0 aromatic heterocycles. The lowest BCUT2D eigenvalue weighted by molar-refractivity contribution is 0.660. The summed E-state index contributed by atoms with van der Waals surface area (Å²) in [7, 11) is 0. The van der Waals surface area contributed by atoms with Crippen molar-refractivity contribution >= 4 is 32.3 Å². The van der Waals surface area contributed by atoms with E-state index in [4.69, 9.17) is 0 Å². The fourth-order valence-corrected chi connectivity index (χ4v) is 12.3. The van der Waals surface area contributed by atoms with Gasteiger partial charge in [-0.05, 0) is 169 Å². The van der Waals surface area contributed by atoms with Crippen LogP contribution in [0.5, 0.6) is 0 Å². The second kappa shape index (κ2) is 12.6. The minimum atomic E-state index is -0.148. The lowest BCUT2D eigenvalue weighted by Gasteiger charge is -2.26. The highest BCUT2D eigenvalue weighted by atomic mass is 14.4. The van der Waals surface area contributed by atoms with Crippen LogP contribution in [0, 0.1) is 0 Å². The molecule has 63 heavy (non-hydrogen) atoms. The van der Waals surface area contributed by atoms with Gasteiger partial charge < -0.3 is 0 Å². The maximum Gasteiger partial charge on any atom is 0.0159 e. The van der Waals surface area contributed by atoms with Gasteiger partial charge in [-0.15, -0.1) is 0 Å². The molecule has 300 valence electrons. The molecule has 3 aliphatic carbocycles. The molecule has 10 aromatic rings. The summed E-state index contributed by atoms with van der Waals surface area (Å²) in [6, 6.07) is 69.9. The molecule has 0 N–H and O–H groups in total. The summed E-state index contributed by atoms with van der Waals surface area (Å²) >= 11 is 0. The van der Waals surface area contributed by atoms with Crippen molar-refractivity contribution in [2.45, 2.75) is 57.8 Å². The Hall–Kier alpha value is -7.02. The monoisotopic (exact) mass is 804 g/mol. The Kier molecular flexibility index (Phi) is 7.29. The first-order valence-corrected chi connectivity index (χ1v) is 22.7. The molecule has 0 aliphatic heterocycles. The SMILES string of the molecule is CC1(C)c2ccccc2-c2ccc(-c3c4ccc(-c5ccc6ccccc6c5)cc4c(-c4ccc5c(c4)C(C)(C)c4ccccc4-5)c4cc5c(cc34)-c3ccccc3C5(C)C)cc21. The van der Waals surface area contributed by atoms with E-state index in [2.05, 4.69) is 224 Å². The van der Waals surface area contributed by atoms with Crippen LogP contribution in [-0.2, 0) is 16.2 Å². The maximum atomic E-state index is 2.59. The van der Waals surface area contributed by atoms with Crippen molar-refractivity contribution in [2.24, 2.45) is 0 Å². The third-order valence-corrected chi connectivity index (χ3v) is 15.6. The van der Waals surface area contributed by atoms with Gasteiger partial charge >= 0.3 is 0 Å². The Balaban J connectivity index is 1.17. The van der Waals surface area contributed by atoms with Crippen LogP contribution in [0.15, 0.2) is 182 Å². The van der Waals surface area contributed by atoms with E-state index < -0.39 is 0 Å². The summed E-state index contributed by atoms with van der Waals surface area (Å²) in [6.07, 6.45) is 0. The average molecular weight is 805 g/mol. The molecule has 3 aliphatic rings. The van der Waals surface area contributed by atoms with Gasteiger partial charge in [-0.25, -0.2) is 0 Å². The van der Waals surface area contributed by atoms with E-state index in [0.29, 0.717) is 0 Å². The van der Waals surface area contributed by atoms with E-state index in [-0.39, 0.29) is 16.2 Å². The standard InChI is InChI=1S/C63H48/c1-61(2)53-20-12-9-17-43(53)46-28-26-41(33-56(46)61)59-48-30-25-40(39-24-23-37-15-7-8-16-38(37)31-39)32-50(48)60(42-27-29-47-44-18-10-13-21-54(44)62(3,4)57(47)34-42)52-36-58-49(35-51(52)59)45-19-11-14-22-55(45)63(58,5)6/h7-36H,1-6H3. The van der Waals surface area contributed by atoms with Crippen molar-refractivity contribution in [3.63, 3.8) is 0 Å². The summed E-state index contributed by atoms with van der Waals surface area (Å²) in [5, 5.41) is 7.70. The van der Waals surface area contributed by atoms with E-state index in [1.54, 1.807) is 0 Å². The van der Waals surface area contributed by atoms with Crippen molar-refractivity contribution in [1.29, 1.82) is 0 Å². The molecule has 0 heteroatoms. The zero-order valence-electron chi connectivity index (χ0n) is 36.8. The number of rotatable bonds is 3. The molecule has 0 saturated heterocycles. The van der Waals surface area contributed by atoms with Crippen molar-refractivity contribution in [2.75, 3.05) is 0 Å². The molecule has 10 aromatic carbocycles. The third-order valence-electron chi connectivity index (χ3n) is 15.6. The van der Waals surface area contributed by atoms with Gasteiger partial charge in [0.05, 0.1) is 0 Å². The van der Waals surface area contributed by atoms with Gasteiger partial charge in [0.1, 0.15) is 0 Å². The normalized spacial score (nSPS) is 15.5. The van der Waals surface area contributed by atoms with Gasteiger partial charge in [-0.1, -0.05) is 187 Å². The third kappa shape index (κ3) is 4.93. The topological polar surface area (TPSA) is 0 Å². The summed E-state index contributed by atoms with van der Waals surface area (Å²) in [4.78, 5) is 0. The van der Waals surface area contributed by atoms with Crippen molar-refractivity contribution in [3.8, 4) is 66.8 Å². The molecule has 0 spiro atoms. The van der Waals surface area contributed by atoms with Crippen molar-refractivity contribution in [3.05, 3.63) is 215 Å². The quantitative estimate of drug-likeness (QED) is 0.156. The lowest BCUT2D eigenvalue weighted by atomic mass is 9.77. The van der Waals surface area contributed by atoms with Crippen LogP contribution < -0.4 is 0 Å². The first-order valence-electron chi connectivity index (χ1n) is 22.7. The molecular formula is C63H48. The fraction of sp³-hybridized carbons (Fsp3) is 0.143.